The predicted octanol–water partition coefficient (Wildman–Crippen LogP) is 0.702. The number of carbonyl (C=O) groups excluding carboxylic acids is 1. The number of amides is 1. The molecule has 0 aromatic carbocycles. The fourth-order valence-electron chi connectivity index (χ4n) is 2.83. The van der Waals surface area contributed by atoms with E-state index >= 15 is 0 Å². The van der Waals surface area contributed by atoms with E-state index < -0.39 is 0 Å². The molecule has 0 fully saturated rings. The maximum atomic E-state index is 12.5. The van der Waals surface area contributed by atoms with Gasteiger partial charge in [0.1, 0.15) is 0 Å². The van der Waals surface area contributed by atoms with Crippen LogP contribution in [0.1, 0.15) is 36.9 Å². The standard InChI is InChI=1S/C15H16N8O2/c24-15(11-5-1-2-7-23-14(11)19-21-22-23)17-9-12-18-13(20-25-12)10-4-3-6-16-8-10/h3-4,6,8,11H,1-2,5,7,9H2,(H,17,24)/t11-/m0/s1. The average molecular weight is 340 g/mol. The highest BCUT2D eigenvalue weighted by Crippen LogP contribution is 2.24. The Morgan fingerprint density at radius 1 is 1.40 bits per heavy atom. The van der Waals surface area contributed by atoms with Gasteiger partial charge < -0.3 is 9.84 Å². The van der Waals surface area contributed by atoms with E-state index in [9.17, 15) is 4.79 Å². The molecule has 0 bridgehead atoms. The number of carbonyl (C=O) groups is 1. The maximum absolute atomic E-state index is 12.5. The van der Waals surface area contributed by atoms with Gasteiger partial charge in [-0.3, -0.25) is 9.78 Å². The highest BCUT2D eigenvalue weighted by atomic mass is 16.5. The predicted molar refractivity (Wildman–Crippen MR) is 83.8 cm³/mol. The van der Waals surface area contributed by atoms with Gasteiger partial charge in [-0.2, -0.15) is 4.98 Å². The third-order valence-electron chi connectivity index (χ3n) is 4.10. The van der Waals surface area contributed by atoms with Crippen molar-refractivity contribution in [3.63, 3.8) is 0 Å². The number of fused-ring (bicyclic) bond motifs is 1. The highest BCUT2D eigenvalue weighted by molar-refractivity contribution is 5.82. The molecule has 10 heteroatoms. The van der Waals surface area contributed by atoms with E-state index in [4.69, 9.17) is 4.52 Å². The molecule has 3 aromatic rings. The van der Waals surface area contributed by atoms with E-state index in [-0.39, 0.29) is 18.4 Å². The molecule has 0 radical (unpaired) electrons. The normalized spacial score (nSPS) is 16.9. The second-order valence-electron chi connectivity index (χ2n) is 5.78. The van der Waals surface area contributed by atoms with Gasteiger partial charge in [0.05, 0.1) is 12.5 Å². The van der Waals surface area contributed by atoms with E-state index in [0.29, 0.717) is 17.5 Å². The molecule has 1 amide bonds. The summed E-state index contributed by atoms with van der Waals surface area (Å²) in [6.45, 7) is 0.897. The lowest BCUT2D eigenvalue weighted by atomic mass is 10.0. The smallest absolute Gasteiger partial charge is 0.246 e. The van der Waals surface area contributed by atoms with Crippen LogP contribution in [0, 0.1) is 0 Å². The zero-order valence-corrected chi connectivity index (χ0v) is 13.4. The molecule has 0 spiro atoms. The van der Waals surface area contributed by atoms with Gasteiger partial charge in [0, 0.05) is 24.5 Å². The summed E-state index contributed by atoms with van der Waals surface area (Å²) >= 11 is 0. The zero-order valence-electron chi connectivity index (χ0n) is 13.4. The number of aryl methyl sites for hydroxylation is 1. The lowest BCUT2D eigenvalue weighted by Gasteiger charge is -2.12. The third kappa shape index (κ3) is 3.23. The molecule has 1 atom stereocenters. The van der Waals surface area contributed by atoms with Gasteiger partial charge in [-0.05, 0) is 35.4 Å². The zero-order chi connectivity index (χ0) is 17.1. The Balaban J connectivity index is 1.42. The SMILES string of the molecule is O=C(NCc1nc(-c2cccnc2)no1)[C@H]1CCCCn2nnnc21. The molecule has 3 aromatic heterocycles. The van der Waals surface area contributed by atoms with Crippen LogP contribution in [0.5, 0.6) is 0 Å². The molecule has 0 saturated carbocycles. The molecule has 0 saturated heterocycles. The number of rotatable bonds is 4. The quantitative estimate of drug-likeness (QED) is 0.736. The number of aromatic nitrogens is 7. The number of hydrogen-bond acceptors (Lipinski definition) is 8. The minimum absolute atomic E-state index is 0.140. The number of nitrogens with one attached hydrogen (secondary N) is 1. The van der Waals surface area contributed by atoms with Crippen molar-refractivity contribution in [1.82, 2.24) is 40.6 Å². The van der Waals surface area contributed by atoms with Gasteiger partial charge >= 0.3 is 0 Å². The molecule has 1 N–H and O–H groups in total. The summed E-state index contributed by atoms with van der Waals surface area (Å²) < 4.78 is 6.89. The van der Waals surface area contributed by atoms with Crippen molar-refractivity contribution in [2.24, 2.45) is 0 Å². The van der Waals surface area contributed by atoms with Crippen LogP contribution in [0.15, 0.2) is 29.0 Å². The number of nitrogens with zero attached hydrogens (tertiary/aromatic N) is 7. The van der Waals surface area contributed by atoms with Crippen LogP contribution in [0.3, 0.4) is 0 Å². The molecule has 10 nitrogen and oxygen atoms in total. The van der Waals surface area contributed by atoms with Gasteiger partial charge in [0.25, 0.3) is 0 Å². The first-order chi connectivity index (χ1) is 12.3. The van der Waals surface area contributed by atoms with Gasteiger partial charge in [-0.1, -0.05) is 11.6 Å². The Morgan fingerprint density at radius 2 is 2.36 bits per heavy atom. The summed E-state index contributed by atoms with van der Waals surface area (Å²) in [5.74, 6) is 0.880. The summed E-state index contributed by atoms with van der Waals surface area (Å²) in [6, 6.07) is 3.63. The molecular weight excluding hydrogens is 324 g/mol. The number of tetrazole rings is 1. The number of hydrogen-bond donors (Lipinski definition) is 1. The second kappa shape index (κ2) is 6.75. The Hall–Kier alpha value is -3.17. The average Bonchev–Trinajstić information content (AvgIpc) is 3.26. The molecular formula is C15H16N8O2. The van der Waals surface area contributed by atoms with Crippen molar-refractivity contribution >= 4 is 5.91 Å². The lowest BCUT2D eigenvalue weighted by Crippen LogP contribution is -2.30. The summed E-state index contributed by atoms with van der Waals surface area (Å²) in [6.07, 6.45) is 5.94. The van der Waals surface area contributed by atoms with Gasteiger partial charge in [0.2, 0.25) is 17.6 Å². The molecule has 0 aliphatic carbocycles. The second-order valence-corrected chi connectivity index (χ2v) is 5.78. The number of pyridine rings is 1. The Kier molecular flexibility index (Phi) is 4.15. The Bertz CT molecular complexity index is 859. The van der Waals surface area contributed by atoms with Gasteiger partial charge in [-0.15, -0.1) is 5.10 Å². The molecule has 1 aliphatic rings. The van der Waals surface area contributed by atoms with Crippen LogP contribution in [0.4, 0.5) is 0 Å². The van der Waals surface area contributed by atoms with Crippen molar-refractivity contribution in [2.45, 2.75) is 38.3 Å². The molecule has 1 aliphatic heterocycles. The summed E-state index contributed by atoms with van der Waals surface area (Å²) in [7, 11) is 0. The molecule has 4 heterocycles. The van der Waals surface area contributed by atoms with Crippen LogP contribution < -0.4 is 5.32 Å². The van der Waals surface area contributed by atoms with Crippen LogP contribution in [-0.2, 0) is 17.9 Å². The van der Waals surface area contributed by atoms with Gasteiger partial charge in [0.15, 0.2) is 5.82 Å². The summed E-state index contributed by atoms with van der Waals surface area (Å²) in [5, 5.41) is 18.3. The van der Waals surface area contributed by atoms with E-state index in [1.54, 1.807) is 23.1 Å². The first-order valence-corrected chi connectivity index (χ1v) is 8.08. The van der Waals surface area contributed by atoms with Crippen LogP contribution in [-0.4, -0.2) is 41.2 Å². The van der Waals surface area contributed by atoms with Crippen molar-refractivity contribution in [3.8, 4) is 11.4 Å². The monoisotopic (exact) mass is 340 g/mol. The van der Waals surface area contributed by atoms with Crippen LogP contribution in [0.25, 0.3) is 11.4 Å². The third-order valence-corrected chi connectivity index (χ3v) is 4.10. The molecule has 25 heavy (non-hydrogen) atoms. The van der Waals surface area contributed by atoms with Gasteiger partial charge in [-0.25, -0.2) is 4.68 Å². The first-order valence-electron chi connectivity index (χ1n) is 8.08. The molecule has 4 rings (SSSR count). The summed E-state index contributed by atoms with van der Waals surface area (Å²) in [5.41, 5.74) is 0.756. The van der Waals surface area contributed by atoms with E-state index in [1.165, 1.54) is 0 Å². The first kappa shape index (κ1) is 15.4. The minimum atomic E-state index is -0.363. The summed E-state index contributed by atoms with van der Waals surface area (Å²) in [4.78, 5) is 20.8. The van der Waals surface area contributed by atoms with Crippen LogP contribution >= 0.6 is 0 Å². The van der Waals surface area contributed by atoms with Crippen molar-refractivity contribution in [1.29, 1.82) is 0 Å². The molecule has 128 valence electrons. The topological polar surface area (TPSA) is 125 Å². The molecule has 0 unspecified atom stereocenters. The fourth-order valence-corrected chi connectivity index (χ4v) is 2.83. The van der Waals surface area contributed by atoms with E-state index in [2.05, 4.69) is 36.0 Å². The largest absolute Gasteiger partial charge is 0.346 e. The van der Waals surface area contributed by atoms with E-state index in [1.807, 2.05) is 6.07 Å². The Morgan fingerprint density at radius 3 is 3.24 bits per heavy atom. The van der Waals surface area contributed by atoms with Crippen molar-refractivity contribution < 1.29 is 9.32 Å². The minimum Gasteiger partial charge on any atom is -0.346 e. The Labute approximate surface area is 142 Å². The van der Waals surface area contributed by atoms with Crippen molar-refractivity contribution in [2.75, 3.05) is 0 Å². The lowest BCUT2D eigenvalue weighted by molar-refractivity contribution is -0.123. The fraction of sp³-hybridized carbons (Fsp3) is 0.400. The van der Waals surface area contributed by atoms with Crippen molar-refractivity contribution in [3.05, 3.63) is 36.2 Å². The highest BCUT2D eigenvalue weighted by Gasteiger charge is 2.28. The maximum Gasteiger partial charge on any atom is 0.246 e. The van der Waals surface area contributed by atoms with E-state index in [0.717, 1.165) is 31.4 Å². The van der Waals surface area contributed by atoms with Crippen LogP contribution in [0.2, 0.25) is 0 Å².